The van der Waals surface area contributed by atoms with Crippen molar-refractivity contribution in [2.24, 2.45) is 0 Å². The molecule has 0 fully saturated rings. The second kappa shape index (κ2) is 4.50. The predicted octanol–water partition coefficient (Wildman–Crippen LogP) is 4.66. The van der Waals surface area contributed by atoms with Crippen molar-refractivity contribution in [3.05, 3.63) is 53.3 Å². The molecule has 1 aromatic heterocycles. The van der Waals surface area contributed by atoms with Crippen LogP contribution in [0.25, 0.3) is 21.3 Å². The molecule has 0 unspecified atom stereocenters. The zero-order valence-electron chi connectivity index (χ0n) is 9.98. The van der Waals surface area contributed by atoms with E-state index in [2.05, 4.69) is 17.3 Å². The fourth-order valence-corrected chi connectivity index (χ4v) is 2.98. The number of hydrogen-bond donors (Lipinski definition) is 0. The molecule has 18 heavy (non-hydrogen) atoms. The molecule has 0 aliphatic heterocycles. The molecule has 3 aromatic rings. The quantitative estimate of drug-likeness (QED) is 0.650. The maximum Gasteiger partial charge on any atom is 0.131 e. The lowest BCUT2D eigenvalue weighted by atomic mass is 10.0. The smallest absolute Gasteiger partial charge is 0.131 e. The third-order valence-electron chi connectivity index (χ3n) is 3.02. The van der Waals surface area contributed by atoms with E-state index in [0.29, 0.717) is 5.39 Å². The number of nitrogens with zero attached hydrogens (tertiary/aromatic N) is 1. The molecular formula is C15H12FNS. The summed E-state index contributed by atoms with van der Waals surface area (Å²) < 4.78 is 13.7. The van der Waals surface area contributed by atoms with Crippen LogP contribution < -0.4 is 0 Å². The van der Waals surface area contributed by atoms with Gasteiger partial charge < -0.3 is 0 Å². The largest absolute Gasteiger partial charge is 0.241 e. The van der Waals surface area contributed by atoms with Crippen LogP contribution in [0.15, 0.2) is 41.8 Å². The van der Waals surface area contributed by atoms with E-state index in [0.717, 1.165) is 28.1 Å². The number of hydrogen-bond acceptors (Lipinski definition) is 2. The van der Waals surface area contributed by atoms with Gasteiger partial charge in [-0.2, -0.15) is 0 Å². The maximum atomic E-state index is 13.7. The van der Waals surface area contributed by atoms with Gasteiger partial charge in [0.1, 0.15) is 10.8 Å². The Morgan fingerprint density at radius 3 is 2.61 bits per heavy atom. The van der Waals surface area contributed by atoms with Crippen molar-refractivity contribution < 1.29 is 4.39 Å². The third kappa shape index (κ3) is 1.81. The van der Waals surface area contributed by atoms with Crippen molar-refractivity contribution in [2.45, 2.75) is 13.3 Å². The Bertz CT molecular complexity index is 703. The summed E-state index contributed by atoms with van der Waals surface area (Å²) in [6.45, 7) is 2.08. The molecule has 0 atom stereocenters. The fourth-order valence-electron chi connectivity index (χ4n) is 2.04. The summed E-state index contributed by atoms with van der Waals surface area (Å²) in [5, 5.41) is 4.61. The molecule has 0 N–H and O–H groups in total. The lowest BCUT2D eigenvalue weighted by molar-refractivity contribution is 0.640. The van der Waals surface area contributed by atoms with Crippen molar-refractivity contribution in [3.63, 3.8) is 0 Å². The monoisotopic (exact) mass is 257 g/mol. The zero-order valence-corrected chi connectivity index (χ0v) is 10.8. The lowest BCUT2D eigenvalue weighted by Crippen LogP contribution is -1.85. The first-order chi connectivity index (χ1) is 8.79. The van der Waals surface area contributed by atoms with E-state index in [1.807, 2.05) is 30.3 Å². The Hall–Kier alpha value is -1.74. The SMILES string of the molecule is CCc1csc(-c2ccc(F)c3ccccc23)n1. The van der Waals surface area contributed by atoms with Crippen molar-refractivity contribution in [1.29, 1.82) is 0 Å². The van der Waals surface area contributed by atoms with Gasteiger partial charge in [0, 0.05) is 16.3 Å². The van der Waals surface area contributed by atoms with Gasteiger partial charge in [0.2, 0.25) is 0 Å². The first kappa shape index (κ1) is 11.4. The highest BCUT2D eigenvalue weighted by Gasteiger charge is 2.10. The van der Waals surface area contributed by atoms with E-state index >= 15 is 0 Å². The highest BCUT2D eigenvalue weighted by molar-refractivity contribution is 7.13. The lowest BCUT2D eigenvalue weighted by Gasteiger charge is -2.04. The van der Waals surface area contributed by atoms with Gasteiger partial charge in [0.05, 0.1) is 5.69 Å². The van der Waals surface area contributed by atoms with Crippen LogP contribution >= 0.6 is 11.3 Å². The van der Waals surface area contributed by atoms with Gasteiger partial charge in [-0.25, -0.2) is 9.37 Å². The van der Waals surface area contributed by atoms with Gasteiger partial charge in [-0.3, -0.25) is 0 Å². The predicted molar refractivity (Wildman–Crippen MR) is 74.4 cm³/mol. The first-order valence-electron chi connectivity index (χ1n) is 5.91. The highest BCUT2D eigenvalue weighted by Crippen LogP contribution is 2.32. The Morgan fingerprint density at radius 2 is 1.89 bits per heavy atom. The fraction of sp³-hybridized carbons (Fsp3) is 0.133. The molecule has 2 aromatic carbocycles. The average Bonchev–Trinajstić information content (AvgIpc) is 2.88. The Kier molecular flexibility index (Phi) is 2.84. The van der Waals surface area contributed by atoms with Crippen LogP contribution in [0.1, 0.15) is 12.6 Å². The molecule has 90 valence electrons. The molecule has 0 saturated heterocycles. The second-order valence-electron chi connectivity index (χ2n) is 4.14. The molecule has 0 spiro atoms. The molecule has 0 saturated carbocycles. The number of aromatic nitrogens is 1. The summed E-state index contributed by atoms with van der Waals surface area (Å²) in [7, 11) is 0. The molecule has 0 aliphatic carbocycles. The Labute approximate surface area is 109 Å². The van der Waals surface area contributed by atoms with E-state index < -0.39 is 0 Å². The van der Waals surface area contributed by atoms with Crippen molar-refractivity contribution in [3.8, 4) is 10.6 Å². The number of thiazole rings is 1. The molecule has 0 aliphatic rings. The van der Waals surface area contributed by atoms with Gasteiger partial charge in [0.25, 0.3) is 0 Å². The van der Waals surface area contributed by atoms with Crippen LogP contribution in [0.4, 0.5) is 4.39 Å². The summed E-state index contributed by atoms with van der Waals surface area (Å²) in [6.07, 6.45) is 0.926. The van der Waals surface area contributed by atoms with Crippen LogP contribution in [0.5, 0.6) is 0 Å². The third-order valence-corrected chi connectivity index (χ3v) is 3.94. The van der Waals surface area contributed by atoms with E-state index in [4.69, 9.17) is 0 Å². The van der Waals surface area contributed by atoms with E-state index in [-0.39, 0.29) is 5.82 Å². The van der Waals surface area contributed by atoms with E-state index in [1.54, 1.807) is 11.3 Å². The Balaban J connectivity index is 2.26. The minimum Gasteiger partial charge on any atom is -0.241 e. The average molecular weight is 257 g/mol. The summed E-state index contributed by atoms with van der Waals surface area (Å²) >= 11 is 1.61. The molecule has 0 radical (unpaired) electrons. The summed E-state index contributed by atoms with van der Waals surface area (Å²) in [4.78, 5) is 4.57. The number of fused-ring (bicyclic) bond motifs is 1. The van der Waals surface area contributed by atoms with Crippen LogP contribution in [-0.4, -0.2) is 4.98 Å². The minimum atomic E-state index is -0.179. The topological polar surface area (TPSA) is 12.9 Å². The van der Waals surface area contributed by atoms with Crippen molar-refractivity contribution in [1.82, 2.24) is 4.98 Å². The van der Waals surface area contributed by atoms with Gasteiger partial charge in [-0.1, -0.05) is 31.2 Å². The summed E-state index contributed by atoms with van der Waals surface area (Å²) in [5.74, 6) is -0.179. The number of benzene rings is 2. The standard InChI is InChI=1S/C15H12FNS/c1-2-10-9-18-15(17-10)13-7-8-14(16)12-6-4-3-5-11(12)13/h3-9H,2H2,1H3. The molecular weight excluding hydrogens is 245 g/mol. The van der Waals surface area contributed by atoms with Gasteiger partial charge >= 0.3 is 0 Å². The molecule has 1 heterocycles. The Morgan fingerprint density at radius 1 is 1.11 bits per heavy atom. The zero-order chi connectivity index (χ0) is 12.5. The minimum absolute atomic E-state index is 0.179. The first-order valence-corrected chi connectivity index (χ1v) is 6.79. The van der Waals surface area contributed by atoms with Gasteiger partial charge in [0.15, 0.2) is 0 Å². The second-order valence-corrected chi connectivity index (χ2v) is 5.00. The molecule has 0 amide bonds. The van der Waals surface area contributed by atoms with Crippen molar-refractivity contribution >= 4 is 22.1 Å². The normalized spacial score (nSPS) is 11.0. The number of halogens is 1. The van der Waals surface area contributed by atoms with Crippen LogP contribution in [0, 0.1) is 5.82 Å². The van der Waals surface area contributed by atoms with E-state index in [1.165, 1.54) is 6.07 Å². The van der Waals surface area contributed by atoms with Crippen molar-refractivity contribution in [2.75, 3.05) is 0 Å². The van der Waals surface area contributed by atoms with Gasteiger partial charge in [-0.15, -0.1) is 11.3 Å². The van der Waals surface area contributed by atoms with E-state index in [9.17, 15) is 4.39 Å². The molecule has 1 nitrogen and oxygen atoms in total. The van der Waals surface area contributed by atoms with Gasteiger partial charge in [-0.05, 0) is 23.9 Å². The number of rotatable bonds is 2. The molecule has 0 bridgehead atoms. The van der Waals surface area contributed by atoms with Crippen LogP contribution in [-0.2, 0) is 6.42 Å². The maximum absolute atomic E-state index is 13.7. The number of aryl methyl sites for hydroxylation is 1. The molecule has 3 heteroatoms. The molecule has 3 rings (SSSR count). The summed E-state index contributed by atoms with van der Waals surface area (Å²) in [6, 6.07) is 10.9. The van der Waals surface area contributed by atoms with Crippen LogP contribution in [0.3, 0.4) is 0 Å². The van der Waals surface area contributed by atoms with Crippen LogP contribution in [0.2, 0.25) is 0 Å². The summed E-state index contributed by atoms with van der Waals surface area (Å²) in [5.41, 5.74) is 2.10. The highest BCUT2D eigenvalue weighted by atomic mass is 32.1.